The summed E-state index contributed by atoms with van der Waals surface area (Å²) in [5.41, 5.74) is 0.696. The highest BCUT2D eigenvalue weighted by molar-refractivity contribution is 8.93. The van der Waals surface area contributed by atoms with E-state index in [1.807, 2.05) is 6.92 Å². The molecular weight excluding hydrogens is 308 g/mol. The molecule has 0 saturated heterocycles. The Morgan fingerprint density at radius 1 is 1.71 bits per heavy atom. The molecule has 0 saturated carbocycles. The zero-order chi connectivity index (χ0) is 12.1. The maximum Gasteiger partial charge on any atom is 0.312 e. The van der Waals surface area contributed by atoms with Crippen LogP contribution in [0, 0.1) is 5.41 Å². The number of hydrogen-bond acceptors (Lipinski definition) is 4. The maximum atomic E-state index is 11.1. The van der Waals surface area contributed by atoms with Crippen LogP contribution in [-0.4, -0.2) is 29.4 Å². The van der Waals surface area contributed by atoms with Gasteiger partial charge in [-0.15, -0.1) is 28.3 Å². The lowest BCUT2D eigenvalue weighted by Gasteiger charge is -2.13. The molecule has 1 unspecified atom stereocenters. The summed E-state index contributed by atoms with van der Waals surface area (Å²) in [5, 5.41) is 18.5. The van der Waals surface area contributed by atoms with Gasteiger partial charge in [0.2, 0.25) is 0 Å². The number of carbonyl (C=O) groups is 1. The van der Waals surface area contributed by atoms with Crippen LogP contribution >= 0.6 is 28.3 Å². The molecule has 0 aliphatic carbocycles. The fourth-order valence-corrected chi connectivity index (χ4v) is 2.40. The van der Waals surface area contributed by atoms with Gasteiger partial charge >= 0.3 is 5.97 Å². The first-order valence-corrected chi connectivity index (χ1v) is 5.94. The molecule has 0 radical (unpaired) electrons. The van der Waals surface area contributed by atoms with Gasteiger partial charge in [0.25, 0.3) is 0 Å². The highest BCUT2D eigenvalue weighted by Crippen LogP contribution is 2.20. The average Bonchev–Trinajstić information content (AvgIpc) is 2.58. The maximum absolute atomic E-state index is 11.1. The topological polar surface area (TPSA) is 75.3 Å². The minimum absolute atomic E-state index is 0. The summed E-state index contributed by atoms with van der Waals surface area (Å²) in [6.45, 7) is 2.84. The van der Waals surface area contributed by atoms with Crippen LogP contribution < -0.4 is 4.80 Å². The Kier molecular flexibility index (Phi) is 7.33. The third kappa shape index (κ3) is 3.93. The van der Waals surface area contributed by atoms with Crippen molar-refractivity contribution in [2.75, 3.05) is 13.7 Å². The quantitative estimate of drug-likeness (QED) is 0.838. The molecule has 0 spiro atoms. The molecule has 5 nitrogen and oxygen atoms in total. The smallest absolute Gasteiger partial charge is 0.312 e. The van der Waals surface area contributed by atoms with Crippen LogP contribution in [0.25, 0.3) is 0 Å². The van der Waals surface area contributed by atoms with Crippen LogP contribution in [0.3, 0.4) is 0 Å². The molecule has 0 aromatic carbocycles. The summed E-state index contributed by atoms with van der Waals surface area (Å²) in [4.78, 5) is 11.4. The van der Waals surface area contributed by atoms with Crippen LogP contribution in [0.5, 0.6) is 0 Å². The van der Waals surface area contributed by atoms with Crippen molar-refractivity contribution in [2.45, 2.75) is 25.8 Å². The number of nitrogens with zero attached hydrogens (tertiary/aromatic N) is 1. The molecule has 98 valence electrons. The second-order valence-corrected chi connectivity index (χ2v) is 4.27. The van der Waals surface area contributed by atoms with Crippen LogP contribution in [-0.2, 0) is 16.1 Å². The SMILES string of the molecule is Br.CCC(C(=O)O)c1csc(=N)n1CCOC. The lowest BCUT2D eigenvalue weighted by molar-refractivity contribution is -0.139. The summed E-state index contributed by atoms with van der Waals surface area (Å²) in [7, 11) is 1.59. The van der Waals surface area contributed by atoms with Crippen LogP contribution in [0.2, 0.25) is 0 Å². The molecule has 0 fully saturated rings. The van der Waals surface area contributed by atoms with E-state index in [0.717, 1.165) is 0 Å². The number of aromatic nitrogens is 1. The number of aliphatic carboxylic acids is 1. The molecule has 0 aliphatic rings. The van der Waals surface area contributed by atoms with Crippen LogP contribution in [0.4, 0.5) is 0 Å². The average molecular weight is 325 g/mol. The predicted molar refractivity (Wildman–Crippen MR) is 71.0 cm³/mol. The second kappa shape index (κ2) is 7.62. The summed E-state index contributed by atoms with van der Waals surface area (Å²) in [5.74, 6) is -1.38. The molecule has 0 aliphatic heterocycles. The zero-order valence-electron chi connectivity index (χ0n) is 9.80. The number of carboxylic acids is 1. The number of nitrogens with one attached hydrogen (secondary N) is 1. The lowest BCUT2D eigenvalue weighted by atomic mass is 10.0. The number of rotatable bonds is 6. The molecule has 1 atom stereocenters. The molecule has 1 aromatic rings. The van der Waals surface area contributed by atoms with Gasteiger partial charge in [-0.1, -0.05) is 6.92 Å². The number of thiazole rings is 1. The molecule has 1 rings (SSSR count). The number of halogens is 1. The van der Waals surface area contributed by atoms with Gasteiger partial charge in [0, 0.05) is 24.7 Å². The Bertz CT molecular complexity index is 416. The first-order chi connectivity index (χ1) is 7.61. The first kappa shape index (κ1) is 16.3. The Balaban J connectivity index is 0.00000256. The largest absolute Gasteiger partial charge is 0.481 e. The van der Waals surface area contributed by atoms with Crippen molar-refractivity contribution in [1.82, 2.24) is 4.57 Å². The molecule has 2 N–H and O–H groups in total. The third-order valence-electron chi connectivity index (χ3n) is 2.43. The summed E-state index contributed by atoms with van der Waals surface area (Å²) < 4.78 is 6.66. The lowest BCUT2D eigenvalue weighted by Crippen LogP contribution is -2.23. The van der Waals surface area contributed by atoms with E-state index >= 15 is 0 Å². The van der Waals surface area contributed by atoms with Gasteiger partial charge in [0.05, 0.1) is 12.5 Å². The fourth-order valence-electron chi connectivity index (χ4n) is 1.55. The van der Waals surface area contributed by atoms with E-state index in [4.69, 9.17) is 15.3 Å². The van der Waals surface area contributed by atoms with Crippen LogP contribution in [0.15, 0.2) is 5.38 Å². The van der Waals surface area contributed by atoms with E-state index < -0.39 is 11.9 Å². The fraction of sp³-hybridized carbons (Fsp3) is 0.600. The van der Waals surface area contributed by atoms with E-state index in [2.05, 4.69) is 0 Å². The second-order valence-electron chi connectivity index (χ2n) is 3.41. The van der Waals surface area contributed by atoms with E-state index in [0.29, 0.717) is 30.1 Å². The Hall–Kier alpha value is -0.660. The van der Waals surface area contributed by atoms with Gasteiger partial charge < -0.3 is 14.4 Å². The molecule has 0 bridgehead atoms. The summed E-state index contributed by atoms with van der Waals surface area (Å²) >= 11 is 1.25. The molecule has 0 amide bonds. The molecule has 1 aromatic heterocycles. The van der Waals surface area contributed by atoms with Gasteiger partial charge in [0.1, 0.15) is 0 Å². The van der Waals surface area contributed by atoms with Crippen molar-refractivity contribution < 1.29 is 14.6 Å². The monoisotopic (exact) mass is 324 g/mol. The third-order valence-corrected chi connectivity index (χ3v) is 3.23. The van der Waals surface area contributed by atoms with Gasteiger partial charge in [0.15, 0.2) is 4.80 Å². The minimum Gasteiger partial charge on any atom is -0.481 e. The number of methoxy groups -OCH3 is 1. The molecule has 17 heavy (non-hydrogen) atoms. The Morgan fingerprint density at radius 3 is 2.82 bits per heavy atom. The van der Waals surface area contributed by atoms with Crippen LogP contribution in [0.1, 0.15) is 25.0 Å². The normalized spacial score (nSPS) is 11.9. The first-order valence-electron chi connectivity index (χ1n) is 5.06. The van der Waals surface area contributed by atoms with Gasteiger partial charge in [-0.05, 0) is 6.42 Å². The van der Waals surface area contributed by atoms with Gasteiger partial charge in [-0.2, -0.15) is 0 Å². The number of carboxylic acid groups (broad SMARTS) is 1. The number of hydrogen-bond donors (Lipinski definition) is 2. The van der Waals surface area contributed by atoms with Crippen molar-refractivity contribution in [3.05, 3.63) is 15.9 Å². The number of ether oxygens (including phenoxy) is 1. The van der Waals surface area contributed by atoms with Crippen molar-refractivity contribution >= 4 is 34.3 Å². The van der Waals surface area contributed by atoms with Gasteiger partial charge in [-0.25, -0.2) is 0 Å². The molecular formula is C10H17BrN2O3S. The highest BCUT2D eigenvalue weighted by atomic mass is 79.9. The molecule has 1 heterocycles. The van der Waals surface area contributed by atoms with E-state index in [1.165, 1.54) is 11.3 Å². The van der Waals surface area contributed by atoms with Crippen molar-refractivity contribution in [2.24, 2.45) is 0 Å². The minimum atomic E-state index is -0.841. The Morgan fingerprint density at radius 2 is 2.35 bits per heavy atom. The Labute approximate surface area is 114 Å². The van der Waals surface area contributed by atoms with Crippen molar-refractivity contribution in [1.29, 1.82) is 5.41 Å². The standard InChI is InChI=1S/C10H16N2O3S.BrH/c1-3-7(9(13)14)8-6-16-10(11)12(8)4-5-15-2;/h6-7,11H,3-5H2,1-2H3,(H,13,14);1H. The van der Waals surface area contributed by atoms with Gasteiger partial charge in [-0.3, -0.25) is 10.2 Å². The summed E-state index contributed by atoms with van der Waals surface area (Å²) in [6.07, 6.45) is 0.526. The zero-order valence-corrected chi connectivity index (χ0v) is 12.3. The van der Waals surface area contributed by atoms with E-state index in [-0.39, 0.29) is 17.0 Å². The predicted octanol–water partition coefficient (Wildman–Crippen LogP) is 1.83. The highest BCUT2D eigenvalue weighted by Gasteiger charge is 2.21. The molecule has 7 heteroatoms. The van der Waals surface area contributed by atoms with E-state index in [1.54, 1.807) is 17.1 Å². The van der Waals surface area contributed by atoms with Crippen molar-refractivity contribution in [3.63, 3.8) is 0 Å². The summed E-state index contributed by atoms with van der Waals surface area (Å²) in [6, 6.07) is 0. The van der Waals surface area contributed by atoms with E-state index in [9.17, 15) is 4.79 Å². The van der Waals surface area contributed by atoms with Crippen molar-refractivity contribution in [3.8, 4) is 0 Å².